The molecule has 0 aromatic heterocycles. The first-order valence-electron chi connectivity index (χ1n) is 10.3. The summed E-state index contributed by atoms with van der Waals surface area (Å²) in [6, 6.07) is 18.8. The Balaban J connectivity index is 1.47. The highest BCUT2D eigenvalue weighted by molar-refractivity contribution is 6.05. The minimum Gasteiger partial charge on any atom is -0.495 e. The van der Waals surface area contributed by atoms with Crippen molar-refractivity contribution in [1.82, 2.24) is 0 Å². The standard InChI is InChI=1S/C25H21N3O7/c1-34-22-5-3-2-4-21(22)27-25(31)18-9-11-19(12-10-18)26-23(29)16-35-24(30)15-8-17-6-13-20(14-7-17)28(32)33/h2-15H,16H2,1H3,(H,26,29)(H,27,31)/b15-8+. The molecule has 0 fully saturated rings. The Morgan fingerprint density at radius 1 is 0.943 bits per heavy atom. The van der Waals surface area contributed by atoms with Crippen LogP contribution in [0.4, 0.5) is 17.1 Å². The lowest BCUT2D eigenvalue weighted by atomic mass is 10.2. The van der Waals surface area contributed by atoms with Gasteiger partial charge in [0.25, 0.3) is 17.5 Å². The molecule has 3 rings (SSSR count). The van der Waals surface area contributed by atoms with Gasteiger partial charge in [-0.05, 0) is 60.2 Å². The molecule has 35 heavy (non-hydrogen) atoms. The lowest BCUT2D eigenvalue weighted by molar-refractivity contribution is -0.384. The third-order valence-electron chi connectivity index (χ3n) is 4.65. The van der Waals surface area contributed by atoms with Crippen LogP contribution in [-0.2, 0) is 14.3 Å². The van der Waals surface area contributed by atoms with Crippen LogP contribution in [0, 0.1) is 10.1 Å². The molecule has 10 heteroatoms. The Morgan fingerprint density at radius 3 is 2.29 bits per heavy atom. The lowest BCUT2D eigenvalue weighted by Crippen LogP contribution is -2.20. The fraction of sp³-hybridized carbons (Fsp3) is 0.0800. The van der Waals surface area contributed by atoms with E-state index in [-0.39, 0.29) is 11.6 Å². The number of carbonyl (C=O) groups excluding carboxylic acids is 3. The Labute approximate surface area is 200 Å². The predicted octanol–water partition coefficient (Wildman–Crippen LogP) is 4.05. The van der Waals surface area contributed by atoms with Crippen LogP contribution in [-0.4, -0.2) is 36.4 Å². The van der Waals surface area contributed by atoms with Crippen molar-refractivity contribution < 1.29 is 28.8 Å². The average Bonchev–Trinajstić information content (AvgIpc) is 2.87. The number of benzene rings is 3. The van der Waals surface area contributed by atoms with E-state index >= 15 is 0 Å². The number of nitrogens with one attached hydrogen (secondary N) is 2. The lowest BCUT2D eigenvalue weighted by Gasteiger charge is -2.10. The molecule has 0 spiro atoms. The number of esters is 1. The summed E-state index contributed by atoms with van der Waals surface area (Å²) in [6.07, 6.45) is 2.53. The van der Waals surface area contributed by atoms with Crippen molar-refractivity contribution in [1.29, 1.82) is 0 Å². The van der Waals surface area contributed by atoms with Crippen molar-refractivity contribution >= 4 is 40.9 Å². The summed E-state index contributed by atoms with van der Waals surface area (Å²) in [7, 11) is 1.51. The quantitative estimate of drug-likeness (QED) is 0.206. The van der Waals surface area contributed by atoms with Gasteiger partial charge in [0, 0.05) is 29.5 Å². The summed E-state index contributed by atoms with van der Waals surface area (Å²) in [5, 5.41) is 16.0. The van der Waals surface area contributed by atoms with Gasteiger partial charge in [-0.1, -0.05) is 12.1 Å². The van der Waals surface area contributed by atoms with Gasteiger partial charge < -0.3 is 20.1 Å². The number of hydrogen-bond donors (Lipinski definition) is 2. The van der Waals surface area contributed by atoms with Gasteiger partial charge in [-0.15, -0.1) is 0 Å². The summed E-state index contributed by atoms with van der Waals surface area (Å²) >= 11 is 0. The number of carbonyl (C=O) groups is 3. The summed E-state index contributed by atoms with van der Waals surface area (Å²) in [5.41, 5.74) is 1.82. The van der Waals surface area contributed by atoms with Crippen molar-refractivity contribution in [2.24, 2.45) is 0 Å². The van der Waals surface area contributed by atoms with Gasteiger partial charge in [-0.25, -0.2) is 4.79 Å². The number of anilines is 2. The first-order valence-corrected chi connectivity index (χ1v) is 10.3. The monoisotopic (exact) mass is 475 g/mol. The number of para-hydroxylation sites is 2. The number of nitro benzene ring substituents is 1. The van der Waals surface area contributed by atoms with Crippen LogP contribution < -0.4 is 15.4 Å². The predicted molar refractivity (Wildman–Crippen MR) is 129 cm³/mol. The van der Waals surface area contributed by atoms with Gasteiger partial charge in [0.15, 0.2) is 6.61 Å². The van der Waals surface area contributed by atoms with Gasteiger partial charge >= 0.3 is 5.97 Å². The highest BCUT2D eigenvalue weighted by Gasteiger charge is 2.11. The normalized spacial score (nSPS) is 10.4. The highest BCUT2D eigenvalue weighted by Crippen LogP contribution is 2.24. The van der Waals surface area contributed by atoms with Crippen LogP contribution in [0.2, 0.25) is 0 Å². The number of amides is 2. The minimum absolute atomic E-state index is 0.0634. The second-order valence-corrected chi connectivity index (χ2v) is 7.07. The van der Waals surface area contributed by atoms with Crippen LogP contribution in [0.25, 0.3) is 6.08 Å². The molecule has 0 aliphatic heterocycles. The third kappa shape index (κ3) is 7.26. The first kappa shape index (κ1) is 24.6. The van der Waals surface area contributed by atoms with E-state index in [9.17, 15) is 24.5 Å². The SMILES string of the molecule is COc1ccccc1NC(=O)c1ccc(NC(=O)COC(=O)/C=C/c2ccc([N+](=O)[O-])cc2)cc1. The number of hydrogen-bond acceptors (Lipinski definition) is 7. The fourth-order valence-electron chi connectivity index (χ4n) is 2.90. The van der Waals surface area contributed by atoms with Gasteiger partial charge in [-0.3, -0.25) is 19.7 Å². The Kier molecular flexibility index (Phi) is 8.28. The molecule has 2 N–H and O–H groups in total. The zero-order valence-electron chi connectivity index (χ0n) is 18.6. The van der Waals surface area contributed by atoms with Crippen molar-refractivity contribution in [2.45, 2.75) is 0 Å². The molecule has 0 heterocycles. The Morgan fingerprint density at radius 2 is 1.63 bits per heavy atom. The summed E-state index contributed by atoms with van der Waals surface area (Å²) in [4.78, 5) is 46.4. The van der Waals surface area contributed by atoms with Crippen LogP contribution in [0.1, 0.15) is 15.9 Å². The molecule has 0 atom stereocenters. The third-order valence-corrected chi connectivity index (χ3v) is 4.65. The van der Waals surface area contributed by atoms with Crippen LogP contribution in [0.3, 0.4) is 0 Å². The van der Waals surface area contributed by atoms with E-state index in [2.05, 4.69) is 10.6 Å². The van der Waals surface area contributed by atoms with Crippen molar-refractivity contribution in [3.8, 4) is 5.75 Å². The highest BCUT2D eigenvalue weighted by atomic mass is 16.6. The number of nitrogens with zero attached hydrogens (tertiary/aromatic N) is 1. The number of non-ortho nitro benzene ring substituents is 1. The number of nitro groups is 1. The summed E-state index contributed by atoms with van der Waals surface area (Å²) < 4.78 is 10.1. The van der Waals surface area contributed by atoms with Gasteiger partial charge in [0.05, 0.1) is 17.7 Å². The summed E-state index contributed by atoms with van der Waals surface area (Å²) in [5.74, 6) is -1.13. The number of rotatable bonds is 9. The van der Waals surface area contributed by atoms with Crippen LogP contribution in [0.15, 0.2) is 78.9 Å². The zero-order chi connectivity index (χ0) is 25.2. The van der Waals surface area contributed by atoms with E-state index in [4.69, 9.17) is 9.47 Å². The maximum Gasteiger partial charge on any atom is 0.331 e. The van der Waals surface area contributed by atoms with Crippen LogP contribution in [0.5, 0.6) is 5.75 Å². The zero-order valence-corrected chi connectivity index (χ0v) is 18.6. The van der Waals surface area contributed by atoms with Gasteiger partial charge in [-0.2, -0.15) is 0 Å². The maximum atomic E-state index is 12.5. The maximum absolute atomic E-state index is 12.5. The molecule has 0 saturated heterocycles. The van der Waals surface area contributed by atoms with Crippen molar-refractivity contribution in [3.63, 3.8) is 0 Å². The van der Waals surface area contributed by atoms with Gasteiger partial charge in [0.1, 0.15) is 5.75 Å². The first-order chi connectivity index (χ1) is 16.9. The molecule has 0 bridgehead atoms. The van der Waals surface area contributed by atoms with E-state index in [0.717, 1.165) is 6.08 Å². The van der Waals surface area contributed by atoms with Crippen LogP contribution >= 0.6 is 0 Å². The molecule has 0 aliphatic carbocycles. The molecular formula is C25H21N3O7. The minimum atomic E-state index is -0.748. The molecule has 0 unspecified atom stereocenters. The molecule has 178 valence electrons. The molecule has 0 aliphatic rings. The largest absolute Gasteiger partial charge is 0.495 e. The average molecular weight is 475 g/mol. The van der Waals surface area contributed by atoms with E-state index in [1.54, 1.807) is 48.5 Å². The van der Waals surface area contributed by atoms with E-state index < -0.39 is 23.4 Å². The number of methoxy groups -OCH3 is 1. The second-order valence-electron chi connectivity index (χ2n) is 7.07. The van der Waals surface area contributed by atoms with Crippen molar-refractivity contribution in [2.75, 3.05) is 24.4 Å². The van der Waals surface area contributed by atoms with E-state index in [1.165, 1.54) is 37.5 Å². The van der Waals surface area contributed by atoms with E-state index in [0.29, 0.717) is 28.3 Å². The molecular weight excluding hydrogens is 454 g/mol. The fourth-order valence-corrected chi connectivity index (χ4v) is 2.90. The molecule has 3 aromatic carbocycles. The Bertz CT molecular complexity index is 1250. The smallest absolute Gasteiger partial charge is 0.331 e. The number of ether oxygens (including phenoxy) is 2. The molecule has 0 saturated carbocycles. The second kappa shape index (κ2) is 11.8. The van der Waals surface area contributed by atoms with E-state index in [1.807, 2.05) is 0 Å². The Hall–Kier alpha value is -4.99. The molecule has 10 nitrogen and oxygen atoms in total. The molecule has 3 aromatic rings. The summed E-state index contributed by atoms with van der Waals surface area (Å²) in [6.45, 7) is -0.514. The molecule has 2 amide bonds. The molecule has 0 radical (unpaired) electrons. The van der Waals surface area contributed by atoms with Crippen molar-refractivity contribution in [3.05, 3.63) is 100 Å². The topological polar surface area (TPSA) is 137 Å². The van der Waals surface area contributed by atoms with Gasteiger partial charge in [0.2, 0.25) is 0 Å².